The average Bonchev–Trinajstić information content (AvgIpc) is 2.49. The SMILES string of the molecule is CC(C)Cn1ncnc1CNOC(C)(C)C. The summed E-state index contributed by atoms with van der Waals surface area (Å²) in [5, 5.41) is 4.18. The highest BCUT2D eigenvalue weighted by Crippen LogP contribution is 2.05. The van der Waals surface area contributed by atoms with Gasteiger partial charge in [0.05, 0.1) is 12.1 Å². The van der Waals surface area contributed by atoms with Crippen LogP contribution in [0, 0.1) is 5.92 Å². The van der Waals surface area contributed by atoms with Gasteiger partial charge in [-0.1, -0.05) is 13.8 Å². The van der Waals surface area contributed by atoms with Crippen molar-refractivity contribution in [2.24, 2.45) is 5.92 Å². The highest BCUT2D eigenvalue weighted by atomic mass is 16.7. The first-order valence-corrected chi connectivity index (χ1v) is 5.66. The molecule has 1 aromatic heterocycles. The summed E-state index contributed by atoms with van der Waals surface area (Å²) in [4.78, 5) is 9.63. The van der Waals surface area contributed by atoms with E-state index in [2.05, 4.69) is 29.4 Å². The molecule has 1 aromatic rings. The lowest BCUT2D eigenvalue weighted by atomic mass is 10.2. The summed E-state index contributed by atoms with van der Waals surface area (Å²) in [6.07, 6.45) is 1.58. The number of nitrogens with one attached hydrogen (secondary N) is 1. The molecule has 0 saturated heterocycles. The maximum Gasteiger partial charge on any atom is 0.143 e. The average molecular weight is 226 g/mol. The summed E-state index contributed by atoms with van der Waals surface area (Å²) in [5.41, 5.74) is 2.73. The molecule has 5 nitrogen and oxygen atoms in total. The Labute approximate surface area is 97.2 Å². The van der Waals surface area contributed by atoms with E-state index < -0.39 is 0 Å². The predicted octanol–water partition coefficient (Wildman–Crippen LogP) is 1.75. The molecule has 0 bridgehead atoms. The number of hydrogen-bond donors (Lipinski definition) is 1. The number of hydrogen-bond acceptors (Lipinski definition) is 4. The Morgan fingerprint density at radius 2 is 2.12 bits per heavy atom. The molecule has 0 radical (unpaired) electrons. The van der Waals surface area contributed by atoms with Crippen molar-refractivity contribution in [1.29, 1.82) is 0 Å². The summed E-state index contributed by atoms with van der Waals surface area (Å²) in [6.45, 7) is 11.8. The minimum absolute atomic E-state index is 0.192. The van der Waals surface area contributed by atoms with Gasteiger partial charge in [0, 0.05) is 6.54 Å². The molecule has 1 N–H and O–H groups in total. The van der Waals surface area contributed by atoms with Gasteiger partial charge in [0.15, 0.2) is 0 Å². The lowest BCUT2D eigenvalue weighted by Gasteiger charge is -2.19. The third-order valence-corrected chi connectivity index (χ3v) is 1.84. The number of aromatic nitrogens is 3. The van der Waals surface area contributed by atoms with Crippen LogP contribution in [0.25, 0.3) is 0 Å². The van der Waals surface area contributed by atoms with Crippen LogP contribution < -0.4 is 5.48 Å². The molecule has 92 valence electrons. The number of rotatable bonds is 5. The van der Waals surface area contributed by atoms with Crippen molar-refractivity contribution in [3.63, 3.8) is 0 Å². The lowest BCUT2D eigenvalue weighted by Crippen LogP contribution is -2.29. The van der Waals surface area contributed by atoms with Crippen LogP contribution in [-0.2, 0) is 17.9 Å². The minimum atomic E-state index is -0.192. The summed E-state index contributed by atoms with van der Waals surface area (Å²) in [6, 6.07) is 0. The number of hydroxylamine groups is 1. The standard InChI is InChI=1S/C11H22N4O/c1-9(2)7-15-10(12-8-13-15)6-14-16-11(3,4)5/h8-9,14H,6-7H2,1-5H3. The van der Waals surface area contributed by atoms with Crippen molar-refractivity contribution in [1.82, 2.24) is 20.2 Å². The van der Waals surface area contributed by atoms with E-state index in [1.165, 1.54) is 0 Å². The van der Waals surface area contributed by atoms with Crippen molar-refractivity contribution in [2.75, 3.05) is 0 Å². The monoisotopic (exact) mass is 226 g/mol. The fourth-order valence-corrected chi connectivity index (χ4v) is 1.24. The van der Waals surface area contributed by atoms with Gasteiger partial charge in [-0.3, -0.25) is 4.84 Å². The lowest BCUT2D eigenvalue weighted by molar-refractivity contribution is -0.0769. The fraction of sp³-hybridized carbons (Fsp3) is 0.818. The largest absolute Gasteiger partial charge is 0.296 e. The first-order valence-electron chi connectivity index (χ1n) is 5.66. The molecule has 1 heterocycles. The molecule has 0 unspecified atom stereocenters. The molecule has 0 aliphatic carbocycles. The van der Waals surface area contributed by atoms with Crippen molar-refractivity contribution in [3.05, 3.63) is 12.2 Å². The molecule has 0 amide bonds. The van der Waals surface area contributed by atoms with E-state index in [0.717, 1.165) is 12.4 Å². The predicted molar refractivity (Wildman–Crippen MR) is 62.5 cm³/mol. The van der Waals surface area contributed by atoms with Crippen LogP contribution in [0.1, 0.15) is 40.4 Å². The highest BCUT2D eigenvalue weighted by Gasteiger charge is 2.11. The molecule has 0 spiro atoms. The van der Waals surface area contributed by atoms with E-state index in [1.807, 2.05) is 25.5 Å². The van der Waals surface area contributed by atoms with Gasteiger partial charge >= 0.3 is 0 Å². The molecule has 0 saturated carbocycles. The summed E-state index contributed by atoms with van der Waals surface area (Å²) < 4.78 is 1.91. The molecule has 1 rings (SSSR count). The van der Waals surface area contributed by atoms with Crippen LogP contribution in [0.2, 0.25) is 0 Å². The minimum Gasteiger partial charge on any atom is -0.296 e. The summed E-state index contributed by atoms with van der Waals surface area (Å²) >= 11 is 0. The van der Waals surface area contributed by atoms with Crippen molar-refractivity contribution < 1.29 is 4.84 Å². The molecule has 0 atom stereocenters. The Morgan fingerprint density at radius 3 is 2.69 bits per heavy atom. The van der Waals surface area contributed by atoms with Gasteiger partial charge < -0.3 is 0 Å². The third-order valence-electron chi connectivity index (χ3n) is 1.84. The number of nitrogens with zero attached hydrogens (tertiary/aromatic N) is 3. The first-order chi connectivity index (χ1) is 7.38. The van der Waals surface area contributed by atoms with Crippen LogP contribution in [0.4, 0.5) is 0 Å². The molecule has 0 aliphatic rings. The third kappa shape index (κ3) is 4.72. The smallest absolute Gasteiger partial charge is 0.143 e. The van der Waals surface area contributed by atoms with Gasteiger partial charge in [-0.15, -0.1) is 0 Å². The van der Waals surface area contributed by atoms with Gasteiger partial charge in [0.25, 0.3) is 0 Å². The molecular weight excluding hydrogens is 204 g/mol. The molecule has 0 fully saturated rings. The van der Waals surface area contributed by atoms with Crippen LogP contribution in [0.3, 0.4) is 0 Å². The van der Waals surface area contributed by atoms with Gasteiger partial charge in [-0.05, 0) is 26.7 Å². The van der Waals surface area contributed by atoms with E-state index in [-0.39, 0.29) is 5.60 Å². The van der Waals surface area contributed by atoms with E-state index in [0.29, 0.717) is 12.5 Å². The van der Waals surface area contributed by atoms with E-state index in [1.54, 1.807) is 6.33 Å². The first kappa shape index (κ1) is 13.1. The quantitative estimate of drug-likeness (QED) is 0.777. The molecule has 5 heteroatoms. The van der Waals surface area contributed by atoms with Crippen LogP contribution in [0.5, 0.6) is 0 Å². The van der Waals surface area contributed by atoms with Gasteiger partial charge in [0.2, 0.25) is 0 Å². The Kier molecular flexibility index (Phi) is 4.44. The Morgan fingerprint density at radius 1 is 1.44 bits per heavy atom. The zero-order valence-corrected chi connectivity index (χ0v) is 10.8. The van der Waals surface area contributed by atoms with Crippen LogP contribution >= 0.6 is 0 Å². The molecule has 16 heavy (non-hydrogen) atoms. The maximum atomic E-state index is 5.43. The van der Waals surface area contributed by atoms with Gasteiger partial charge in [0.1, 0.15) is 12.2 Å². The normalized spacial score (nSPS) is 12.4. The molecule has 0 aliphatic heterocycles. The Balaban J connectivity index is 2.45. The second-order valence-corrected chi connectivity index (χ2v) is 5.29. The van der Waals surface area contributed by atoms with Crippen molar-refractivity contribution >= 4 is 0 Å². The van der Waals surface area contributed by atoms with E-state index in [4.69, 9.17) is 4.84 Å². The summed E-state index contributed by atoms with van der Waals surface area (Å²) in [7, 11) is 0. The van der Waals surface area contributed by atoms with Gasteiger partial charge in [-0.2, -0.15) is 10.6 Å². The van der Waals surface area contributed by atoms with Crippen LogP contribution in [0.15, 0.2) is 6.33 Å². The van der Waals surface area contributed by atoms with Crippen molar-refractivity contribution in [3.8, 4) is 0 Å². The Hall–Kier alpha value is -0.940. The van der Waals surface area contributed by atoms with Crippen molar-refractivity contribution in [2.45, 2.75) is 53.3 Å². The Bertz CT molecular complexity index is 314. The van der Waals surface area contributed by atoms with E-state index in [9.17, 15) is 0 Å². The maximum absolute atomic E-state index is 5.43. The second kappa shape index (κ2) is 5.41. The highest BCUT2D eigenvalue weighted by molar-refractivity contribution is 4.83. The molecule has 0 aromatic carbocycles. The molecular formula is C11H22N4O. The van der Waals surface area contributed by atoms with E-state index >= 15 is 0 Å². The second-order valence-electron chi connectivity index (χ2n) is 5.29. The van der Waals surface area contributed by atoms with Gasteiger partial charge in [-0.25, -0.2) is 9.67 Å². The zero-order chi connectivity index (χ0) is 12.2. The zero-order valence-electron chi connectivity index (χ0n) is 10.8. The summed E-state index contributed by atoms with van der Waals surface area (Å²) in [5.74, 6) is 1.46. The topological polar surface area (TPSA) is 52.0 Å². The van der Waals surface area contributed by atoms with Crippen LogP contribution in [-0.4, -0.2) is 20.4 Å². The fourth-order valence-electron chi connectivity index (χ4n) is 1.24.